The molecule has 0 saturated heterocycles. The van der Waals surface area contributed by atoms with Crippen molar-refractivity contribution in [2.45, 2.75) is 45.4 Å². The maximum atomic E-state index is 13.6. The fourth-order valence-electron chi connectivity index (χ4n) is 4.76. The number of thiophene rings is 1. The zero-order valence-electron chi connectivity index (χ0n) is 20.3. The van der Waals surface area contributed by atoms with E-state index >= 15 is 0 Å². The number of carbonyl (C=O) groups excluding carboxylic acids is 2. The number of dihydropyridines is 1. The molecule has 2 heterocycles. The number of aromatic hydroxyl groups is 1. The van der Waals surface area contributed by atoms with Crippen molar-refractivity contribution in [3.05, 3.63) is 68.7 Å². The molecule has 1 aliphatic heterocycles. The molecule has 2 aromatic rings. The Morgan fingerprint density at radius 3 is 2.80 bits per heavy atom. The predicted octanol–water partition coefficient (Wildman–Crippen LogP) is 5.51. The first-order valence-electron chi connectivity index (χ1n) is 11.9. The van der Waals surface area contributed by atoms with Gasteiger partial charge in [-0.05, 0) is 55.2 Å². The third kappa shape index (κ3) is 5.43. The second-order valence-electron chi connectivity index (χ2n) is 8.53. The molecule has 0 bridgehead atoms. The van der Waals surface area contributed by atoms with Gasteiger partial charge in [0.25, 0.3) is 0 Å². The molecule has 35 heavy (non-hydrogen) atoms. The molecule has 8 heteroatoms. The number of esters is 1. The van der Waals surface area contributed by atoms with Crippen molar-refractivity contribution in [3.8, 4) is 11.5 Å². The van der Waals surface area contributed by atoms with E-state index < -0.39 is 11.9 Å². The van der Waals surface area contributed by atoms with E-state index in [1.807, 2.05) is 25.3 Å². The van der Waals surface area contributed by atoms with E-state index in [0.717, 1.165) is 22.8 Å². The molecule has 0 fully saturated rings. The summed E-state index contributed by atoms with van der Waals surface area (Å²) in [4.78, 5) is 28.1. The van der Waals surface area contributed by atoms with Crippen molar-refractivity contribution in [2.75, 3.05) is 24.7 Å². The summed E-state index contributed by atoms with van der Waals surface area (Å²) in [7, 11) is 0. The number of phenolic OH excluding ortho intramolecular Hbond substituents is 1. The number of allylic oxidation sites excluding steroid dienone is 3. The summed E-state index contributed by atoms with van der Waals surface area (Å²) < 4.78 is 11.2. The van der Waals surface area contributed by atoms with Crippen molar-refractivity contribution in [1.82, 2.24) is 5.32 Å². The lowest BCUT2D eigenvalue weighted by Gasteiger charge is -2.36. The zero-order valence-corrected chi connectivity index (χ0v) is 21.9. The maximum absolute atomic E-state index is 13.6. The lowest BCUT2D eigenvalue weighted by atomic mass is 9.72. The fourth-order valence-corrected chi connectivity index (χ4v) is 6.08. The fraction of sp³-hybridized carbons (Fsp3) is 0.407. The monoisotopic (exact) mass is 513 g/mol. The van der Waals surface area contributed by atoms with Crippen molar-refractivity contribution in [2.24, 2.45) is 0 Å². The van der Waals surface area contributed by atoms with Crippen molar-refractivity contribution >= 4 is 34.9 Å². The summed E-state index contributed by atoms with van der Waals surface area (Å²) in [5.74, 6) is 1.14. The van der Waals surface area contributed by atoms with E-state index in [-0.39, 0.29) is 17.5 Å². The number of hydrogen-bond donors (Lipinski definition) is 2. The Bertz CT molecular complexity index is 1150. The molecule has 2 N–H and O–H groups in total. The highest BCUT2D eigenvalue weighted by Crippen LogP contribution is 2.47. The van der Waals surface area contributed by atoms with Crippen LogP contribution in [0.5, 0.6) is 11.5 Å². The number of hydrogen-bond acceptors (Lipinski definition) is 8. The van der Waals surface area contributed by atoms with Gasteiger partial charge in [-0.15, -0.1) is 11.3 Å². The van der Waals surface area contributed by atoms with Crippen LogP contribution in [-0.4, -0.2) is 41.6 Å². The smallest absolute Gasteiger partial charge is 0.336 e. The number of thioether (sulfide) groups is 1. The molecule has 2 atom stereocenters. The quantitative estimate of drug-likeness (QED) is 0.338. The number of benzene rings is 1. The van der Waals surface area contributed by atoms with Crippen molar-refractivity contribution < 1.29 is 24.2 Å². The van der Waals surface area contributed by atoms with Crippen LogP contribution in [0.4, 0.5) is 0 Å². The second-order valence-corrected chi connectivity index (χ2v) is 10.9. The van der Waals surface area contributed by atoms with Crippen LogP contribution in [0.3, 0.4) is 0 Å². The Morgan fingerprint density at radius 2 is 2.09 bits per heavy atom. The van der Waals surface area contributed by atoms with Gasteiger partial charge in [0.15, 0.2) is 17.3 Å². The molecule has 4 rings (SSSR count). The van der Waals surface area contributed by atoms with E-state index in [2.05, 4.69) is 18.3 Å². The van der Waals surface area contributed by atoms with Crippen molar-refractivity contribution in [1.29, 1.82) is 0 Å². The maximum Gasteiger partial charge on any atom is 0.336 e. The van der Waals surface area contributed by atoms with E-state index in [4.69, 9.17) is 9.47 Å². The molecule has 1 aliphatic carbocycles. The molecule has 6 nitrogen and oxygen atoms in total. The Hall–Kier alpha value is -2.71. The van der Waals surface area contributed by atoms with E-state index in [0.29, 0.717) is 48.6 Å². The van der Waals surface area contributed by atoms with Gasteiger partial charge in [0.05, 0.1) is 12.2 Å². The average Bonchev–Trinajstić information content (AvgIpc) is 3.37. The van der Waals surface area contributed by atoms with E-state index in [1.54, 1.807) is 41.3 Å². The van der Waals surface area contributed by atoms with Gasteiger partial charge in [-0.3, -0.25) is 4.79 Å². The van der Waals surface area contributed by atoms with Crippen LogP contribution in [0.2, 0.25) is 0 Å². The number of rotatable bonds is 9. The third-order valence-corrected chi connectivity index (χ3v) is 8.17. The minimum Gasteiger partial charge on any atom is -0.504 e. The molecular weight excluding hydrogens is 482 g/mol. The van der Waals surface area contributed by atoms with Gasteiger partial charge in [-0.2, -0.15) is 11.8 Å². The summed E-state index contributed by atoms with van der Waals surface area (Å²) >= 11 is 3.37. The van der Waals surface area contributed by atoms with Gasteiger partial charge < -0.3 is 19.9 Å². The summed E-state index contributed by atoms with van der Waals surface area (Å²) in [5, 5.41) is 15.7. The summed E-state index contributed by atoms with van der Waals surface area (Å²) in [6, 6.07) is 9.12. The molecule has 0 amide bonds. The van der Waals surface area contributed by atoms with Crippen molar-refractivity contribution in [3.63, 3.8) is 0 Å². The van der Waals surface area contributed by atoms with Crippen LogP contribution in [-0.2, 0) is 14.3 Å². The minimum absolute atomic E-state index is 0.0209. The molecule has 2 aliphatic rings. The van der Waals surface area contributed by atoms with Crippen LogP contribution >= 0.6 is 23.1 Å². The molecule has 186 valence electrons. The first-order chi connectivity index (χ1) is 16.9. The van der Waals surface area contributed by atoms with Crippen LogP contribution in [0.15, 0.2) is 58.3 Å². The molecule has 0 radical (unpaired) electrons. The van der Waals surface area contributed by atoms with Gasteiger partial charge in [0.2, 0.25) is 0 Å². The highest BCUT2D eigenvalue weighted by molar-refractivity contribution is 7.99. The predicted molar refractivity (Wildman–Crippen MR) is 140 cm³/mol. The number of ether oxygens (including phenoxy) is 2. The SMILES string of the molecule is CCOc1cc([C@H]2C(C(=O)OCCSCC)=C(C)NC3=C2C(=O)C[C@H](c2cccs2)C3)ccc1O. The van der Waals surface area contributed by atoms with E-state index in [1.165, 1.54) is 4.88 Å². The summed E-state index contributed by atoms with van der Waals surface area (Å²) in [5.41, 5.74) is 3.30. The molecule has 0 unspecified atom stereocenters. The number of carbonyl (C=O) groups is 2. The van der Waals surface area contributed by atoms with Crippen LogP contribution < -0.4 is 10.1 Å². The number of ketones is 1. The topological polar surface area (TPSA) is 84.9 Å². The zero-order chi connectivity index (χ0) is 24.9. The van der Waals surface area contributed by atoms with Gasteiger partial charge in [0.1, 0.15) is 6.61 Å². The lowest BCUT2D eigenvalue weighted by Crippen LogP contribution is -2.36. The highest BCUT2D eigenvalue weighted by Gasteiger charge is 2.41. The molecule has 0 spiro atoms. The molecule has 1 aromatic heterocycles. The second kappa shape index (κ2) is 11.4. The van der Waals surface area contributed by atoms with Gasteiger partial charge in [-0.1, -0.05) is 19.1 Å². The number of nitrogens with one attached hydrogen (secondary N) is 1. The normalized spacial score (nSPS) is 19.9. The molecule has 0 saturated carbocycles. The minimum atomic E-state index is -0.589. The average molecular weight is 514 g/mol. The van der Waals surface area contributed by atoms with E-state index in [9.17, 15) is 14.7 Å². The van der Waals surface area contributed by atoms with Gasteiger partial charge in [-0.25, -0.2) is 4.79 Å². The first kappa shape index (κ1) is 25.4. The molecular formula is C27H31NO5S2. The van der Waals surface area contributed by atoms with Gasteiger partial charge >= 0.3 is 5.97 Å². The van der Waals surface area contributed by atoms with Crippen LogP contribution in [0.25, 0.3) is 0 Å². The first-order valence-corrected chi connectivity index (χ1v) is 14.0. The summed E-state index contributed by atoms with van der Waals surface area (Å²) in [6.45, 7) is 6.45. The highest BCUT2D eigenvalue weighted by atomic mass is 32.2. The Kier molecular flexibility index (Phi) is 8.23. The van der Waals surface area contributed by atoms with Crippen LogP contribution in [0, 0.1) is 0 Å². The summed E-state index contributed by atoms with van der Waals surface area (Å²) in [6.07, 6.45) is 1.09. The Morgan fingerprint density at radius 1 is 1.26 bits per heavy atom. The largest absolute Gasteiger partial charge is 0.504 e. The Labute approximate surface area is 214 Å². The lowest BCUT2D eigenvalue weighted by molar-refractivity contribution is -0.138. The van der Waals surface area contributed by atoms with Crippen LogP contribution in [0.1, 0.15) is 55.9 Å². The van der Waals surface area contributed by atoms with Gasteiger partial charge in [0, 0.05) is 45.9 Å². The number of Topliss-reactive ketones (excluding diaryl/α,β-unsaturated/α-hetero) is 1. The molecule has 1 aromatic carbocycles. The number of phenols is 1. The third-order valence-electron chi connectivity index (χ3n) is 6.28. The standard InChI is InChI=1S/C27H31NO5S2/c1-4-32-22-15-17(8-9-20(22)29)25-24(27(31)33-10-12-34-5-2)16(3)28-19-13-18(14-21(30)26(19)25)23-7-6-11-35-23/h6-9,11,15,18,25,28-29H,4-5,10,12-14H2,1-3H3/t18-,25+/m1/s1. The Balaban J connectivity index is 1.75.